The summed E-state index contributed by atoms with van der Waals surface area (Å²) in [6, 6.07) is 1.66. The van der Waals surface area contributed by atoms with Crippen molar-refractivity contribution in [1.29, 1.82) is 0 Å². The number of aliphatic imine (C=N–C) groups is 1. The van der Waals surface area contributed by atoms with E-state index in [2.05, 4.69) is 40.9 Å². The SMILES string of the molecule is NC(=O)N[C@@H](Cc1cnc[nH]1)C(=O)NC(Cc1cscn1)C(=O)N[C@@H](CCCN=C(N)N)C(=O)N1Cc2[nH]c3ccccc3c2CC1C(=O)O. The maximum Gasteiger partial charge on any atom is 0.326 e. The molecular formula is C31H38N12O6S. The van der Waals surface area contributed by atoms with Crippen molar-refractivity contribution in [2.45, 2.75) is 62.8 Å². The summed E-state index contributed by atoms with van der Waals surface area (Å²) >= 11 is 1.29. The Hall–Kier alpha value is -5.98. The number of para-hydroxylation sites is 1. The molecule has 12 N–H and O–H groups in total. The number of hydrogen-bond acceptors (Lipinski definition) is 9. The monoisotopic (exact) mass is 706 g/mol. The number of rotatable bonds is 15. The molecular weight excluding hydrogens is 668 g/mol. The first kappa shape index (κ1) is 35.3. The third-order valence-corrected chi connectivity index (χ3v) is 8.91. The Morgan fingerprint density at radius 3 is 2.44 bits per heavy atom. The second-order valence-electron chi connectivity index (χ2n) is 11.7. The quantitative estimate of drug-likeness (QED) is 0.0423. The van der Waals surface area contributed by atoms with E-state index >= 15 is 0 Å². The number of aliphatic carboxylic acids is 1. The maximum absolute atomic E-state index is 14.3. The van der Waals surface area contributed by atoms with Gasteiger partial charge in [-0.25, -0.2) is 19.6 Å². The van der Waals surface area contributed by atoms with Crippen LogP contribution in [-0.4, -0.2) is 96.3 Å². The van der Waals surface area contributed by atoms with Crippen LogP contribution >= 0.6 is 11.3 Å². The number of carbonyl (C=O) groups is 5. The number of H-pyrrole nitrogens is 2. The standard InChI is InChI=1S/C31H38N12O6S/c32-30(33)36-7-3-6-21(28(46)43-12-24-19(10-25(43)29(47)48)18-4-1-2-5-20(18)39-24)40-26(44)22(9-17-13-50-15-38-17)41-27(45)23(42-31(34)49)8-16-11-35-14-37-16/h1-2,4-5,11,13-15,21-23,25,39H,3,6-10,12H2,(H,35,37)(H,40,44)(H,41,45)(H,47,48)(H4,32,33,36)(H3,34,42,49)/t21-,22?,23-,25?/m0/s1. The van der Waals surface area contributed by atoms with Gasteiger partial charge in [-0.2, -0.15) is 0 Å². The molecule has 19 heteroatoms. The molecule has 0 saturated heterocycles. The molecule has 4 aromatic rings. The lowest BCUT2D eigenvalue weighted by Crippen LogP contribution is -2.60. The Balaban J connectivity index is 1.40. The van der Waals surface area contributed by atoms with Gasteiger partial charge in [0.25, 0.3) is 0 Å². The van der Waals surface area contributed by atoms with Gasteiger partial charge in [0.2, 0.25) is 17.7 Å². The summed E-state index contributed by atoms with van der Waals surface area (Å²) in [5.74, 6) is -3.44. The summed E-state index contributed by atoms with van der Waals surface area (Å²) in [5, 5.41) is 20.6. The average Bonchev–Trinajstić information content (AvgIpc) is 3.86. The molecule has 50 heavy (non-hydrogen) atoms. The number of aromatic amines is 2. The van der Waals surface area contributed by atoms with Crippen molar-refractivity contribution in [3.05, 3.63) is 70.3 Å². The van der Waals surface area contributed by atoms with E-state index < -0.39 is 53.9 Å². The van der Waals surface area contributed by atoms with Crippen molar-refractivity contribution < 1.29 is 29.1 Å². The number of carboxylic acids is 1. The summed E-state index contributed by atoms with van der Waals surface area (Å²) in [6.07, 6.45) is 3.19. The van der Waals surface area contributed by atoms with Gasteiger partial charge in [-0.15, -0.1) is 11.3 Å². The van der Waals surface area contributed by atoms with E-state index in [1.807, 2.05) is 24.3 Å². The highest BCUT2D eigenvalue weighted by molar-refractivity contribution is 7.07. The number of aromatic nitrogens is 4. The molecule has 18 nitrogen and oxygen atoms in total. The number of nitrogens with zero attached hydrogens (tertiary/aromatic N) is 4. The average molecular weight is 707 g/mol. The smallest absolute Gasteiger partial charge is 0.326 e. The maximum atomic E-state index is 14.3. The number of nitrogens with two attached hydrogens (primary N) is 3. The second kappa shape index (κ2) is 15.9. The van der Waals surface area contributed by atoms with E-state index in [-0.39, 0.29) is 51.2 Å². The van der Waals surface area contributed by atoms with Crippen molar-refractivity contribution in [1.82, 2.24) is 40.8 Å². The number of guanidine groups is 1. The molecule has 0 fully saturated rings. The molecule has 5 rings (SSSR count). The predicted octanol–water partition coefficient (Wildman–Crippen LogP) is -0.769. The summed E-state index contributed by atoms with van der Waals surface area (Å²) in [4.78, 5) is 85.6. The van der Waals surface area contributed by atoms with Gasteiger partial charge in [0, 0.05) is 59.7 Å². The van der Waals surface area contributed by atoms with Crippen LogP contribution in [0.4, 0.5) is 4.79 Å². The van der Waals surface area contributed by atoms with Crippen LogP contribution in [0.2, 0.25) is 0 Å². The molecule has 0 radical (unpaired) electrons. The molecule has 3 aromatic heterocycles. The lowest BCUT2D eigenvalue weighted by atomic mass is 9.95. The summed E-state index contributed by atoms with van der Waals surface area (Å²) in [7, 11) is 0. The first-order valence-corrected chi connectivity index (χ1v) is 16.6. The predicted molar refractivity (Wildman–Crippen MR) is 182 cm³/mol. The number of benzene rings is 1. The molecule has 0 spiro atoms. The van der Waals surface area contributed by atoms with Crippen LogP contribution in [0.3, 0.4) is 0 Å². The highest BCUT2D eigenvalue weighted by Gasteiger charge is 2.40. The number of carbonyl (C=O) groups excluding carboxylic acids is 4. The number of amides is 5. The number of carboxylic acid groups (broad SMARTS) is 1. The van der Waals surface area contributed by atoms with Gasteiger partial charge in [-0.3, -0.25) is 19.4 Å². The molecule has 2 unspecified atom stereocenters. The zero-order chi connectivity index (χ0) is 35.8. The van der Waals surface area contributed by atoms with E-state index in [9.17, 15) is 29.1 Å². The van der Waals surface area contributed by atoms with Crippen molar-refractivity contribution in [3.8, 4) is 0 Å². The molecule has 4 heterocycles. The molecule has 5 amide bonds. The van der Waals surface area contributed by atoms with Crippen molar-refractivity contribution in [3.63, 3.8) is 0 Å². The zero-order valence-electron chi connectivity index (χ0n) is 26.8. The Bertz CT molecular complexity index is 1850. The van der Waals surface area contributed by atoms with E-state index in [1.165, 1.54) is 28.8 Å². The summed E-state index contributed by atoms with van der Waals surface area (Å²) < 4.78 is 0. The van der Waals surface area contributed by atoms with Crippen LogP contribution in [0.5, 0.6) is 0 Å². The second-order valence-corrected chi connectivity index (χ2v) is 12.5. The van der Waals surface area contributed by atoms with Gasteiger partial charge in [-0.05, 0) is 24.5 Å². The Morgan fingerprint density at radius 2 is 1.78 bits per heavy atom. The minimum absolute atomic E-state index is 0.00695. The van der Waals surface area contributed by atoms with Gasteiger partial charge in [0.1, 0.15) is 24.2 Å². The lowest BCUT2D eigenvalue weighted by Gasteiger charge is -2.36. The van der Waals surface area contributed by atoms with E-state index in [0.717, 1.165) is 16.5 Å². The Labute approximate surface area is 289 Å². The number of urea groups is 1. The first-order chi connectivity index (χ1) is 24.0. The van der Waals surface area contributed by atoms with E-state index in [0.29, 0.717) is 17.1 Å². The van der Waals surface area contributed by atoms with E-state index in [4.69, 9.17) is 17.2 Å². The van der Waals surface area contributed by atoms with Crippen LogP contribution in [0.15, 0.2) is 52.7 Å². The third kappa shape index (κ3) is 8.73. The molecule has 4 atom stereocenters. The lowest BCUT2D eigenvalue weighted by molar-refractivity contribution is -0.153. The van der Waals surface area contributed by atoms with Crippen LogP contribution < -0.4 is 33.2 Å². The Morgan fingerprint density at radius 1 is 1.04 bits per heavy atom. The number of nitrogens with one attached hydrogen (secondary N) is 5. The van der Waals surface area contributed by atoms with Crippen LogP contribution in [0, 0.1) is 0 Å². The minimum Gasteiger partial charge on any atom is -0.480 e. The molecule has 1 aliphatic rings. The van der Waals surface area contributed by atoms with Crippen molar-refractivity contribution in [2.24, 2.45) is 22.2 Å². The molecule has 1 aliphatic heterocycles. The highest BCUT2D eigenvalue weighted by atomic mass is 32.1. The Kier molecular flexibility index (Phi) is 11.3. The van der Waals surface area contributed by atoms with Crippen LogP contribution in [0.1, 0.15) is 35.5 Å². The van der Waals surface area contributed by atoms with Gasteiger partial charge < -0.3 is 53.1 Å². The van der Waals surface area contributed by atoms with Gasteiger partial charge in [-0.1, -0.05) is 18.2 Å². The van der Waals surface area contributed by atoms with Gasteiger partial charge in [0.05, 0.1) is 24.1 Å². The fourth-order valence-electron chi connectivity index (χ4n) is 5.92. The fraction of sp³-hybridized carbons (Fsp3) is 0.355. The first-order valence-electron chi connectivity index (χ1n) is 15.7. The van der Waals surface area contributed by atoms with Gasteiger partial charge in [0.15, 0.2) is 5.96 Å². The number of fused-ring (bicyclic) bond motifs is 3. The summed E-state index contributed by atoms with van der Waals surface area (Å²) in [6.45, 7) is 0.108. The fourth-order valence-corrected chi connectivity index (χ4v) is 6.49. The van der Waals surface area contributed by atoms with E-state index in [1.54, 1.807) is 10.9 Å². The van der Waals surface area contributed by atoms with Crippen molar-refractivity contribution in [2.75, 3.05) is 6.54 Å². The van der Waals surface area contributed by atoms with Crippen molar-refractivity contribution >= 4 is 57.9 Å². The van der Waals surface area contributed by atoms with Crippen LogP contribution in [-0.2, 0) is 45.0 Å². The molecule has 264 valence electrons. The zero-order valence-corrected chi connectivity index (χ0v) is 27.6. The topological polar surface area (TPSA) is 293 Å². The number of hydrogen-bond donors (Lipinski definition) is 9. The van der Waals surface area contributed by atoms with Gasteiger partial charge >= 0.3 is 12.0 Å². The summed E-state index contributed by atoms with van der Waals surface area (Å²) in [5.41, 5.74) is 21.2. The number of imidazole rings is 1. The number of primary amides is 1. The number of thiazole rings is 1. The van der Waals surface area contributed by atoms with Crippen LogP contribution in [0.25, 0.3) is 10.9 Å². The highest BCUT2D eigenvalue weighted by Crippen LogP contribution is 2.31. The third-order valence-electron chi connectivity index (χ3n) is 8.27. The molecule has 0 aliphatic carbocycles. The largest absolute Gasteiger partial charge is 0.480 e. The minimum atomic E-state index is -1.26. The molecule has 1 aromatic carbocycles. The normalized spacial score (nSPS) is 15.7. The molecule has 0 bridgehead atoms. The molecule has 0 saturated carbocycles.